The van der Waals surface area contributed by atoms with E-state index in [9.17, 15) is 9.59 Å². The van der Waals surface area contributed by atoms with Crippen molar-refractivity contribution in [3.05, 3.63) is 86.8 Å². The van der Waals surface area contributed by atoms with Gasteiger partial charge in [-0.25, -0.2) is 4.98 Å². The van der Waals surface area contributed by atoms with Crippen LogP contribution in [-0.2, 0) is 24.8 Å². The third kappa shape index (κ3) is 4.31. The number of fused-ring (bicyclic) bond motifs is 1. The summed E-state index contributed by atoms with van der Waals surface area (Å²) in [5.41, 5.74) is 5.22. The first-order valence-electron chi connectivity index (χ1n) is 10.9. The Bertz CT molecular complexity index is 1150. The largest absolute Gasteiger partial charge is 0.334 e. The molecule has 31 heavy (non-hydrogen) atoms. The molecule has 2 aromatic carbocycles. The Labute approximate surface area is 183 Å². The van der Waals surface area contributed by atoms with Crippen LogP contribution in [0, 0.1) is 0 Å². The number of aromatic amines is 1. The second-order valence-electron chi connectivity index (χ2n) is 9.19. The molecule has 0 radical (unpaired) electrons. The zero-order chi connectivity index (χ0) is 22.2. The highest BCUT2D eigenvalue weighted by Crippen LogP contribution is 2.24. The van der Waals surface area contributed by atoms with Crippen molar-refractivity contribution < 1.29 is 4.79 Å². The average molecular weight is 416 g/mol. The van der Waals surface area contributed by atoms with Gasteiger partial charge in [0.15, 0.2) is 0 Å². The first-order chi connectivity index (χ1) is 14.8. The number of aromatic nitrogens is 2. The van der Waals surface area contributed by atoms with Gasteiger partial charge in [0.2, 0.25) is 0 Å². The van der Waals surface area contributed by atoms with Gasteiger partial charge >= 0.3 is 0 Å². The van der Waals surface area contributed by atoms with E-state index in [2.05, 4.69) is 44.8 Å². The average Bonchev–Trinajstić information content (AvgIpc) is 2.78. The maximum atomic E-state index is 13.0. The second-order valence-corrected chi connectivity index (χ2v) is 9.19. The quantitative estimate of drug-likeness (QED) is 0.685. The van der Waals surface area contributed by atoms with Crippen LogP contribution in [0.3, 0.4) is 0 Å². The topological polar surface area (TPSA) is 66.1 Å². The number of rotatable bonds is 3. The highest BCUT2D eigenvalue weighted by atomic mass is 16.2. The summed E-state index contributed by atoms with van der Waals surface area (Å²) in [6.45, 7) is 9.40. The van der Waals surface area contributed by atoms with E-state index in [1.165, 1.54) is 11.1 Å². The maximum Gasteiger partial charge on any atom is 0.256 e. The third-order valence-corrected chi connectivity index (χ3v) is 5.99. The molecule has 1 amide bonds. The lowest BCUT2D eigenvalue weighted by atomic mass is 9.86. The number of carbonyl (C=O) groups excluding carboxylic acids is 1. The van der Waals surface area contributed by atoms with Gasteiger partial charge in [0.25, 0.3) is 11.5 Å². The molecule has 1 aliphatic rings. The van der Waals surface area contributed by atoms with E-state index < -0.39 is 0 Å². The van der Waals surface area contributed by atoms with Crippen molar-refractivity contribution in [2.45, 2.75) is 52.5 Å². The fraction of sp³-hybridized carbons (Fsp3) is 0.346. The number of aryl methyl sites for hydroxylation is 1. The molecule has 1 N–H and O–H groups in total. The van der Waals surface area contributed by atoms with E-state index in [4.69, 9.17) is 4.98 Å². The fourth-order valence-electron chi connectivity index (χ4n) is 3.93. The minimum Gasteiger partial charge on any atom is -0.334 e. The number of hydrogen-bond acceptors (Lipinski definition) is 3. The molecular formula is C26H29N3O2. The van der Waals surface area contributed by atoms with Gasteiger partial charge in [-0.1, -0.05) is 64.1 Å². The lowest BCUT2D eigenvalue weighted by Gasteiger charge is -2.28. The number of nitrogens with one attached hydrogen (secondary N) is 1. The molecule has 0 saturated heterocycles. The van der Waals surface area contributed by atoms with E-state index in [-0.39, 0.29) is 23.4 Å². The van der Waals surface area contributed by atoms with Gasteiger partial charge in [-0.2, -0.15) is 0 Å². The minimum atomic E-state index is -0.167. The van der Waals surface area contributed by atoms with Gasteiger partial charge in [-0.15, -0.1) is 0 Å². The number of amides is 1. The van der Waals surface area contributed by atoms with Crippen LogP contribution in [0.5, 0.6) is 0 Å². The molecule has 160 valence electrons. The molecule has 2 heterocycles. The van der Waals surface area contributed by atoms with E-state index >= 15 is 0 Å². The lowest BCUT2D eigenvalue weighted by Crippen LogP contribution is -2.39. The van der Waals surface area contributed by atoms with E-state index in [0.29, 0.717) is 29.9 Å². The van der Waals surface area contributed by atoms with Gasteiger partial charge in [0.05, 0.1) is 17.8 Å². The molecule has 1 aliphatic heterocycles. The van der Waals surface area contributed by atoms with Gasteiger partial charge in [-0.05, 0) is 35.1 Å². The van der Waals surface area contributed by atoms with Crippen molar-refractivity contribution >= 4 is 5.91 Å². The standard InChI is InChI=1S/C26H29N3O2/c1-5-17-6-8-18(9-7-17)23-27-22-14-15-29(16-21(22)24(30)28-23)25(31)19-10-12-20(13-11-19)26(2,3)4/h6-13H,5,14-16H2,1-4H3,(H,27,28,30). The first kappa shape index (κ1) is 21.0. The summed E-state index contributed by atoms with van der Waals surface area (Å²) in [4.78, 5) is 35.2. The molecule has 0 unspecified atom stereocenters. The van der Waals surface area contributed by atoms with Crippen LogP contribution in [0.2, 0.25) is 0 Å². The van der Waals surface area contributed by atoms with Crippen LogP contribution in [0.1, 0.15) is 60.4 Å². The summed E-state index contributed by atoms with van der Waals surface area (Å²) in [6, 6.07) is 15.9. The monoisotopic (exact) mass is 415 g/mol. The van der Waals surface area contributed by atoms with Crippen LogP contribution in [-0.4, -0.2) is 27.3 Å². The lowest BCUT2D eigenvalue weighted by molar-refractivity contribution is 0.0732. The highest BCUT2D eigenvalue weighted by molar-refractivity contribution is 5.94. The van der Waals surface area contributed by atoms with Gasteiger partial charge in [0, 0.05) is 24.1 Å². The molecule has 0 atom stereocenters. The molecule has 0 bridgehead atoms. The number of carbonyl (C=O) groups is 1. The van der Waals surface area contributed by atoms with Crippen molar-refractivity contribution in [2.75, 3.05) is 6.54 Å². The summed E-state index contributed by atoms with van der Waals surface area (Å²) >= 11 is 0. The van der Waals surface area contributed by atoms with Crippen LogP contribution < -0.4 is 5.56 Å². The molecule has 0 fully saturated rings. The molecule has 0 saturated carbocycles. The van der Waals surface area contributed by atoms with E-state index in [1.54, 1.807) is 4.90 Å². The zero-order valence-corrected chi connectivity index (χ0v) is 18.7. The Morgan fingerprint density at radius 3 is 2.35 bits per heavy atom. The van der Waals surface area contributed by atoms with Gasteiger partial charge in [0.1, 0.15) is 5.82 Å². The van der Waals surface area contributed by atoms with Crippen LogP contribution in [0.4, 0.5) is 0 Å². The predicted octanol–water partition coefficient (Wildman–Crippen LogP) is 4.50. The van der Waals surface area contributed by atoms with Crippen molar-refractivity contribution in [1.82, 2.24) is 14.9 Å². The third-order valence-electron chi connectivity index (χ3n) is 5.99. The summed E-state index contributed by atoms with van der Waals surface area (Å²) in [5.74, 6) is 0.536. The van der Waals surface area contributed by atoms with Crippen LogP contribution in [0.25, 0.3) is 11.4 Å². The number of hydrogen-bond donors (Lipinski definition) is 1. The molecule has 5 nitrogen and oxygen atoms in total. The number of nitrogens with zero attached hydrogens (tertiary/aromatic N) is 2. The van der Waals surface area contributed by atoms with E-state index in [1.807, 2.05) is 36.4 Å². The number of H-pyrrole nitrogens is 1. The Balaban J connectivity index is 1.56. The van der Waals surface area contributed by atoms with Crippen molar-refractivity contribution in [3.63, 3.8) is 0 Å². The molecule has 0 aliphatic carbocycles. The SMILES string of the molecule is CCc1ccc(-c2nc3c(c(=O)[nH]2)CN(C(=O)c2ccc(C(C)(C)C)cc2)CC3)cc1. The Hall–Kier alpha value is -3.21. The minimum absolute atomic E-state index is 0.0408. The smallest absolute Gasteiger partial charge is 0.256 e. The fourth-order valence-corrected chi connectivity index (χ4v) is 3.93. The van der Waals surface area contributed by atoms with Gasteiger partial charge in [-0.3, -0.25) is 9.59 Å². The molecule has 5 heteroatoms. The predicted molar refractivity (Wildman–Crippen MR) is 123 cm³/mol. The molecule has 4 rings (SSSR count). The summed E-state index contributed by atoms with van der Waals surface area (Å²) in [6.07, 6.45) is 1.54. The Morgan fingerprint density at radius 1 is 1.06 bits per heavy atom. The number of benzene rings is 2. The molecule has 0 spiro atoms. The van der Waals surface area contributed by atoms with Gasteiger partial charge < -0.3 is 9.88 Å². The maximum absolute atomic E-state index is 13.0. The zero-order valence-electron chi connectivity index (χ0n) is 18.7. The summed E-state index contributed by atoms with van der Waals surface area (Å²) < 4.78 is 0. The Morgan fingerprint density at radius 2 is 1.74 bits per heavy atom. The summed E-state index contributed by atoms with van der Waals surface area (Å²) in [5, 5.41) is 0. The first-order valence-corrected chi connectivity index (χ1v) is 10.9. The normalized spacial score (nSPS) is 13.7. The van der Waals surface area contributed by atoms with E-state index in [0.717, 1.165) is 17.7 Å². The van der Waals surface area contributed by atoms with Crippen molar-refractivity contribution in [3.8, 4) is 11.4 Å². The summed E-state index contributed by atoms with van der Waals surface area (Å²) in [7, 11) is 0. The van der Waals surface area contributed by atoms with Crippen LogP contribution >= 0.6 is 0 Å². The second kappa shape index (κ2) is 8.14. The molecular weight excluding hydrogens is 386 g/mol. The molecule has 3 aromatic rings. The van der Waals surface area contributed by atoms with Crippen molar-refractivity contribution in [2.24, 2.45) is 0 Å². The van der Waals surface area contributed by atoms with Crippen molar-refractivity contribution in [1.29, 1.82) is 0 Å². The molecule has 1 aromatic heterocycles. The van der Waals surface area contributed by atoms with Crippen LogP contribution in [0.15, 0.2) is 53.3 Å². The highest BCUT2D eigenvalue weighted by Gasteiger charge is 2.26. The Kier molecular flexibility index (Phi) is 5.52.